The highest BCUT2D eigenvalue weighted by Gasteiger charge is 2.58. The topological polar surface area (TPSA) is 94.5 Å². The summed E-state index contributed by atoms with van der Waals surface area (Å²) in [6, 6.07) is 6.68. The van der Waals surface area contributed by atoms with Crippen molar-refractivity contribution in [2.45, 2.75) is 47.8 Å². The standard InChI is InChI=1S/C23H20BrF5N2O5S2/c1-13-3-5-14(6-4-13)38(34,35)31-12-21(15-7-8-22(36-2,11-20(15)31)23(27,28)29)37(32,33)30-19-10-17(25)16(24)9-18(19)26/h3-6,9-10,12,30H,7-8,11H2,1-2H3/t22-/m0/s1. The Bertz CT molecular complexity index is 1620. The molecule has 15 heteroatoms. The Kier molecular flexibility index (Phi) is 7.21. The number of alkyl halides is 3. The number of aromatic nitrogens is 1. The van der Waals surface area contributed by atoms with E-state index in [9.17, 15) is 38.8 Å². The van der Waals surface area contributed by atoms with Gasteiger partial charge < -0.3 is 4.74 Å². The number of aryl methyl sites for hydroxylation is 1. The molecule has 1 atom stereocenters. The van der Waals surface area contributed by atoms with Crippen LogP contribution in [0.1, 0.15) is 23.2 Å². The number of anilines is 1. The van der Waals surface area contributed by atoms with Gasteiger partial charge in [-0.1, -0.05) is 17.7 Å². The second kappa shape index (κ2) is 9.61. The van der Waals surface area contributed by atoms with Gasteiger partial charge >= 0.3 is 6.18 Å². The third kappa shape index (κ3) is 4.84. The smallest absolute Gasteiger partial charge is 0.368 e. The van der Waals surface area contributed by atoms with E-state index >= 15 is 0 Å². The summed E-state index contributed by atoms with van der Waals surface area (Å²) >= 11 is 2.77. The van der Waals surface area contributed by atoms with Crippen LogP contribution in [0.5, 0.6) is 0 Å². The van der Waals surface area contributed by atoms with Crippen LogP contribution < -0.4 is 4.72 Å². The number of sulfonamides is 1. The first-order chi connectivity index (χ1) is 17.5. The third-order valence-electron chi connectivity index (χ3n) is 6.41. The van der Waals surface area contributed by atoms with Gasteiger partial charge in [-0.15, -0.1) is 0 Å². The van der Waals surface area contributed by atoms with Crippen LogP contribution >= 0.6 is 15.9 Å². The Hall–Kier alpha value is -2.49. The summed E-state index contributed by atoms with van der Waals surface area (Å²) in [6.45, 7) is 1.70. The predicted octanol–water partition coefficient (Wildman–Crippen LogP) is 5.31. The molecule has 1 aliphatic rings. The highest BCUT2D eigenvalue weighted by molar-refractivity contribution is 9.10. The van der Waals surface area contributed by atoms with Crippen LogP contribution in [0, 0.1) is 18.6 Å². The van der Waals surface area contributed by atoms with Crippen LogP contribution in [0.25, 0.3) is 0 Å². The summed E-state index contributed by atoms with van der Waals surface area (Å²) in [4.78, 5) is -0.975. The molecule has 7 nitrogen and oxygen atoms in total. The average molecular weight is 643 g/mol. The molecule has 0 aliphatic heterocycles. The second-order valence-electron chi connectivity index (χ2n) is 8.76. The van der Waals surface area contributed by atoms with Crippen LogP contribution in [0.3, 0.4) is 0 Å². The van der Waals surface area contributed by atoms with Gasteiger partial charge in [-0.25, -0.2) is 29.6 Å². The number of rotatable bonds is 6. The van der Waals surface area contributed by atoms with Crippen LogP contribution in [-0.2, 0) is 37.6 Å². The molecule has 0 bridgehead atoms. The normalized spacial score (nSPS) is 18.3. The molecule has 0 fully saturated rings. The SMILES string of the molecule is CO[C@@]1(C(F)(F)F)CCc2c(S(=O)(=O)Nc3cc(F)c(Br)cc3F)cn(S(=O)(=O)c3ccc(C)cc3)c2C1. The first kappa shape index (κ1) is 28.5. The van der Waals surface area contributed by atoms with Gasteiger partial charge in [0.05, 0.1) is 15.1 Å². The molecular weight excluding hydrogens is 623 g/mol. The maximum atomic E-state index is 14.4. The van der Waals surface area contributed by atoms with Gasteiger partial charge in [0.2, 0.25) is 0 Å². The van der Waals surface area contributed by atoms with Gasteiger partial charge in [-0.2, -0.15) is 13.2 Å². The molecule has 0 saturated carbocycles. The number of nitrogens with zero attached hydrogens (tertiary/aromatic N) is 1. The minimum atomic E-state index is -4.91. The van der Waals surface area contributed by atoms with Gasteiger partial charge in [0.1, 0.15) is 16.5 Å². The van der Waals surface area contributed by atoms with Gasteiger partial charge in [-0.05, 0) is 59.5 Å². The van der Waals surface area contributed by atoms with Crippen LogP contribution in [0.15, 0.2) is 56.9 Å². The van der Waals surface area contributed by atoms with Gasteiger partial charge in [0.15, 0.2) is 5.60 Å². The number of nitrogens with one attached hydrogen (secondary N) is 1. The van der Waals surface area contributed by atoms with Crippen molar-refractivity contribution in [2.75, 3.05) is 11.8 Å². The summed E-state index contributed by atoms with van der Waals surface area (Å²) in [5.41, 5.74) is -3.48. The first-order valence-corrected chi connectivity index (χ1v) is 14.6. The highest BCUT2D eigenvalue weighted by Crippen LogP contribution is 2.45. The molecule has 1 N–H and O–H groups in total. The summed E-state index contributed by atoms with van der Waals surface area (Å²) < 4.78 is 131. The zero-order valence-corrected chi connectivity index (χ0v) is 23.0. The van der Waals surface area contributed by atoms with Crippen molar-refractivity contribution in [3.63, 3.8) is 0 Å². The van der Waals surface area contributed by atoms with E-state index in [2.05, 4.69) is 15.9 Å². The molecule has 1 aromatic heterocycles. The van der Waals surface area contributed by atoms with Gasteiger partial charge in [0.25, 0.3) is 20.0 Å². The molecule has 38 heavy (non-hydrogen) atoms. The molecule has 3 aromatic rings. The first-order valence-electron chi connectivity index (χ1n) is 10.9. The molecule has 0 amide bonds. The Morgan fingerprint density at radius 1 is 1.05 bits per heavy atom. The lowest BCUT2D eigenvalue weighted by molar-refractivity contribution is -0.273. The lowest BCUT2D eigenvalue weighted by Gasteiger charge is -2.38. The van der Waals surface area contributed by atoms with E-state index in [-0.39, 0.29) is 14.9 Å². The lowest BCUT2D eigenvalue weighted by atomic mass is 9.83. The quantitative estimate of drug-likeness (QED) is 0.291. The second-order valence-corrected chi connectivity index (χ2v) is 13.1. The van der Waals surface area contributed by atoms with Crippen molar-refractivity contribution in [2.24, 2.45) is 0 Å². The van der Waals surface area contributed by atoms with E-state index < -0.39 is 79.0 Å². The summed E-state index contributed by atoms with van der Waals surface area (Å²) in [5.74, 6) is -2.13. The molecule has 0 spiro atoms. The fourth-order valence-electron chi connectivity index (χ4n) is 4.28. The molecular formula is C23H20BrF5N2O5S2. The Morgan fingerprint density at radius 3 is 2.26 bits per heavy atom. The lowest BCUT2D eigenvalue weighted by Crippen LogP contribution is -2.51. The monoisotopic (exact) mass is 642 g/mol. The number of benzene rings is 2. The number of fused-ring (bicyclic) bond motifs is 1. The zero-order valence-electron chi connectivity index (χ0n) is 19.7. The van der Waals surface area contributed by atoms with E-state index in [1.807, 2.05) is 4.72 Å². The maximum absolute atomic E-state index is 14.4. The van der Waals surface area contributed by atoms with E-state index in [4.69, 9.17) is 4.74 Å². The van der Waals surface area contributed by atoms with E-state index in [0.29, 0.717) is 27.9 Å². The molecule has 4 rings (SSSR count). The van der Waals surface area contributed by atoms with Crippen LogP contribution in [0.4, 0.5) is 27.6 Å². The van der Waals surface area contributed by atoms with Crippen molar-refractivity contribution in [1.29, 1.82) is 0 Å². The number of halogens is 6. The summed E-state index contributed by atoms with van der Waals surface area (Å²) in [5, 5.41) is 0. The van der Waals surface area contributed by atoms with Crippen LogP contribution in [0.2, 0.25) is 0 Å². The van der Waals surface area contributed by atoms with Crippen molar-refractivity contribution in [1.82, 2.24) is 3.97 Å². The van der Waals surface area contributed by atoms with E-state index in [0.717, 1.165) is 7.11 Å². The maximum Gasteiger partial charge on any atom is 0.417 e. The minimum Gasteiger partial charge on any atom is -0.368 e. The molecule has 206 valence electrons. The van der Waals surface area contributed by atoms with Gasteiger partial charge in [0, 0.05) is 31.5 Å². The Labute approximate surface area is 223 Å². The van der Waals surface area contributed by atoms with Crippen molar-refractivity contribution in [3.8, 4) is 0 Å². The van der Waals surface area contributed by atoms with Crippen molar-refractivity contribution < 1.29 is 43.5 Å². The molecule has 0 saturated heterocycles. The predicted molar refractivity (Wildman–Crippen MR) is 131 cm³/mol. The highest BCUT2D eigenvalue weighted by atomic mass is 79.9. The fraction of sp³-hybridized carbons (Fsp3) is 0.304. The Morgan fingerprint density at radius 2 is 1.68 bits per heavy atom. The molecule has 0 unspecified atom stereocenters. The minimum absolute atomic E-state index is 0.205. The number of hydrogen-bond acceptors (Lipinski definition) is 5. The van der Waals surface area contributed by atoms with Crippen molar-refractivity contribution >= 4 is 41.7 Å². The molecule has 1 heterocycles. The van der Waals surface area contributed by atoms with Crippen LogP contribution in [-0.4, -0.2) is 39.7 Å². The van der Waals surface area contributed by atoms with Gasteiger partial charge in [-0.3, -0.25) is 4.72 Å². The number of ether oxygens (including phenoxy) is 1. The van der Waals surface area contributed by atoms with Crippen molar-refractivity contribution in [3.05, 3.63) is 75.5 Å². The summed E-state index contributed by atoms with van der Waals surface area (Å²) in [6.07, 6.45) is -6.44. The Balaban J connectivity index is 1.92. The zero-order chi connectivity index (χ0) is 28.3. The molecule has 2 aromatic carbocycles. The third-order valence-corrected chi connectivity index (χ3v) is 10.1. The van der Waals surface area contributed by atoms with E-state index in [1.54, 1.807) is 6.92 Å². The largest absolute Gasteiger partial charge is 0.417 e. The van der Waals surface area contributed by atoms with E-state index in [1.165, 1.54) is 24.3 Å². The molecule has 1 aliphatic carbocycles. The molecule has 0 radical (unpaired) electrons. The fourth-order valence-corrected chi connectivity index (χ4v) is 7.42. The summed E-state index contributed by atoms with van der Waals surface area (Å²) in [7, 11) is -8.53. The number of methoxy groups -OCH3 is 1. The average Bonchev–Trinajstić information content (AvgIpc) is 3.22. The number of hydrogen-bond donors (Lipinski definition) is 1.